The first-order valence-corrected chi connectivity index (χ1v) is 9.71. The lowest BCUT2D eigenvalue weighted by Gasteiger charge is -2.03. The number of rotatable bonds is 5. The largest absolute Gasteiger partial charge is 0.455 e. The molecule has 2 aromatic carbocycles. The normalized spacial score (nSPS) is 9.62. The average Bonchev–Trinajstić information content (AvgIpc) is 3.12. The second kappa shape index (κ2) is 11.2. The molecule has 2 nitrogen and oxygen atoms in total. The van der Waals surface area contributed by atoms with Gasteiger partial charge in [-0.15, -0.1) is 0 Å². The average molecular weight is 352 g/mol. The molecule has 0 aliphatic carbocycles. The first-order chi connectivity index (χ1) is 12.7. The monoisotopic (exact) mass is 351 g/mol. The molecule has 1 heterocycles. The zero-order chi connectivity index (χ0) is 19.5. The Bertz CT molecular complexity index is 814. The maximum atomic E-state index is 5.88. The summed E-state index contributed by atoms with van der Waals surface area (Å²) in [7, 11) is 0. The smallest absolute Gasteiger partial charge is 0.150 e. The van der Waals surface area contributed by atoms with E-state index < -0.39 is 0 Å². The van der Waals surface area contributed by atoms with E-state index >= 15 is 0 Å². The lowest BCUT2D eigenvalue weighted by atomic mass is 10.0. The van der Waals surface area contributed by atoms with Gasteiger partial charge in [-0.3, -0.25) is 0 Å². The van der Waals surface area contributed by atoms with E-state index in [0.29, 0.717) is 0 Å². The highest BCUT2D eigenvalue weighted by atomic mass is 16.3. The molecule has 0 radical (unpaired) electrons. The van der Waals surface area contributed by atoms with Crippen molar-refractivity contribution in [3.05, 3.63) is 66.4 Å². The zero-order valence-electron chi connectivity index (χ0n) is 17.1. The Labute approximate surface area is 158 Å². The van der Waals surface area contributed by atoms with Gasteiger partial charge in [0.2, 0.25) is 0 Å². The van der Waals surface area contributed by atoms with Crippen molar-refractivity contribution in [2.45, 2.75) is 48.0 Å². The van der Waals surface area contributed by atoms with Gasteiger partial charge in [-0.05, 0) is 42.7 Å². The van der Waals surface area contributed by atoms with Crippen molar-refractivity contribution in [3.8, 4) is 11.1 Å². The molecular weight excluding hydrogens is 318 g/mol. The highest BCUT2D eigenvalue weighted by Gasteiger charge is 2.08. The number of fused-ring (bicyclic) bond motifs is 1. The molecule has 2 heteroatoms. The van der Waals surface area contributed by atoms with Crippen molar-refractivity contribution in [3.63, 3.8) is 0 Å². The van der Waals surface area contributed by atoms with Crippen molar-refractivity contribution >= 4 is 16.7 Å². The number of furan rings is 1. The summed E-state index contributed by atoms with van der Waals surface area (Å²) in [5, 5.41) is 4.38. The van der Waals surface area contributed by atoms with Crippen molar-refractivity contribution in [1.29, 1.82) is 0 Å². The maximum Gasteiger partial charge on any atom is 0.150 e. The quantitative estimate of drug-likeness (QED) is 0.517. The van der Waals surface area contributed by atoms with Gasteiger partial charge in [0.05, 0.1) is 5.70 Å². The Hall–Kier alpha value is -2.48. The Morgan fingerprint density at radius 3 is 2.31 bits per heavy atom. The van der Waals surface area contributed by atoms with E-state index in [-0.39, 0.29) is 0 Å². The molecule has 1 aromatic heterocycles. The first-order valence-electron chi connectivity index (χ1n) is 9.71. The molecule has 1 N–H and O–H groups in total. The summed E-state index contributed by atoms with van der Waals surface area (Å²) in [6.45, 7) is 17.2. The van der Waals surface area contributed by atoms with Crippen LogP contribution in [-0.4, -0.2) is 6.54 Å². The third kappa shape index (κ3) is 5.52. The van der Waals surface area contributed by atoms with E-state index in [1.54, 1.807) is 0 Å². The van der Waals surface area contributed by atoms with E-state index in [9.17, 15) is 0 Å². The molecule has 0 unspecified atom stereocenters. The summed E-state index contributed by atoms with van der Waals surface area (Å²) in [6, 6.07) is 16.9. The fourth-order valence-electron chi connectivity index (χ4n) is 2.56. The molecule has 0 saturated heterocycles. The van der Waals surface area contributed by atoms with Crippen LogP contribution in [0, 0.1) is 6.92 Å². The van der Waals surface area contributed by atoms with Crippen molar-refractivity contribution in [2.75, 3.05) is 6.54 Å². The maximum absolute atomic E-state index is 5.88. The Morgan fingerprint density at radius 1 is 0.962 bits per heavy atom. The first kappa shape index (κ1) is 21.6. The van der Waals surface area contributed by atoms with Gasteiger partial charge in [-0.1, -0.05) is 77.1 Å². The van der Waals surface area contributed by atoms with Gasteiger partial charge in [0.1, 0.15) is 5.58 Å². The number of hydrogen-bond donors (Lipinski definition) is 1. The van der Waals surface area contributed by atoms with Crippen LogP contribution >= 0.6 is 0 Å². The Balaban J connectivity index is 0.000000791. The molecule has 0 atom stereocenters. The van der Waals surface area contributed by atoms with Gasteiger partial charge in [-0.2, -0.15) is 0 Å². The van der Waals surface area contributed by atoms with E-state index in [4.69, 9.17) is 4.42 Å². The number of hydrogen-bond acceptors (Lipinski definition) is 2. The van der Waals surface area contributed by atoms with Crippen LogP contribution in [0.4, 0.5) is 0 Å². The summed E-state index contributed by atoms with van der Waals surface area (Å²) in [4.78, 5) is 0. The second-order valence-electron chi connectivity index (χ2n) is 5.64. The third-order valence-corrected chi connectivity index (χ3v) is 3.75. The van der Waals surface area contributed by atoms with Crippen LogP contribution < -0.4 is 5.32 Å². The van der Waals surface area contributed by atoms with Crippen molar-refractivity contribution < 1.29 is 4.42 Å². The van der Waals surface area contributed by atoms with Crippen LogP contribution in [0.2, 0.25) is 0 Å². The molecule has 140 valence electrons. The minimum absolute atomic E-state index is 0.810. The number of benzene rings is 2. The fourth-order valence-corrected chi connectivity index (χ4v) is 2.56. The minimum Gasteiger partial charge on any atom is -0.455 e. The summed E-state index contributed by atoms with van der Waals surface area (Å²) in [5.74, 6) is 0.810. The zero-order valence-corrected chi connectivity index (χ0v) is 17.1. The number of nitrogens with one attached hydrogen (secondary N) is 1. The van der Waals surface area contributed by atoms with Gasteiger partial charge < -0.3 is 9.73 Å². The highest BCUT2D eigenvalue weighted by molar-refractivity contribution is 5.86. The van der Waals surface area contributed by atoms with Crippen LogP contribution in [0.5, 0.6) is 0 Å². The molecule has 0 spiro atoms. The van der Waals surface area contributed by atoms with E-state index in [1.807, 2.05) is 33.8 Å². The van der Waals surface area contributed by atoms with Gasteiger partial charge in [0, 0.05) is 11.9 Å². The standard InChI is InChI=1S/C20H21NO.2C2H6/c1-4-10-21-15(3)20-13-18-12-17(8-9-19(18)22-20)16-7-5-6-14(2)11-16;2*1-2/h5-9,11-13,21H,3-4,10H2,1-2H3;2*1-2H3. The van der Waals surface area contributed by atoms with Crippen LogP contribution in [0.1, 0.15) is 52.4 Å². The Kier molecular flexibility index (Phi) is 9.29. The van der Waals surface area contributed by atoms with Gasteiger partial charge in [0.25, 0.3) is 0 Å². The molecule has 0 amide bonds. The van der Waals surface area contributed by atoms with E-state index in [1.165, 1.54) is 16.7 Å². The van der Waals surface area contributed by atoms with Gasteiger partial charge in [-0.25, -0.2) is 0 Å². The van der Waals surface area contributed by atoms with Crippen LogP contribution in [0.15, 0.2) is 59.5 Å². The molecule has 0 aliphatic rings. The number of aryl methyl sites for hydroxylation is 1. The summed E-state index contributed by atoms with van der Waals surface area (Å²) in [5.41, 5.74) is 5.44. The van der Waals surface area contributed by atoms with E-state index in [0.717, 1.165) is 35.4 Å². The van der Waals surface area contributed by atoms with Crippen molar-refractivity contribution in [1.82, 2.24) is 5.32 Å². The van der Waals surface area contributed by atoms with Crippen LogP contribution in [-0.2, 0) is 0 Å². The molecule has 0 aliphatic heterocycles. The molecule has 0 saturated carbocycles. The molecule has 3 rings (SSSR count). The second-order valence-corrected chi connectivity index (χ2v) is 5.64. The summed E-state index contributed by atoms with van der Waals surface area (Å²) < 4.78 is 5.88. The molecule has 0 bridgehead atoms. The van der Waals surface area contributed by atoms with Crippen LogP contribution in [0.25, 0.3) is 27.8 Å². The van der Waals surface area contributed by atoms with E-state index in [2.05, 4.69) is 68.2 Å². The molecular formula is C24H33NO. The minimum atomic E-state index is 0.810. The summed E-state index contributed by atoms with van der Waals surface area (Å²) in [6.07, 6.45) is 1.07. The SMILES string of the molecule is C=C(NCCC)c1cc2cc(-c3cccc(C)c3)ccc2o1.CC.CC. The lowest BCUT2D eigenvalue weighted by Crippen LogP contribution is -2.11. The predicted octanol–water partition coefficient (Wildman–Crippen LogP) is 7.43. The third-order valence-electron chi connectivity index (χ3n) is 3.75. The highest BCUT2D eigenvalue weighted by Crippen LogP contribution is 2.28. The van der Waals surface area contributed by atoms with Gasteiger partial charge in [0.15, 0.2) is 5.76 Å². The summed E-state index contributed by atoms with van der Waals surface area (Å²) >= 11 is 0. The lowest BCUT2D eigenvalue weighted by molar-refractivity contribution is 0.591. The molecule has 3 aromatic rings. The van der Waals surface area contributed by atoms with Gasteiger partial charge >= 0.3 is 0 Å². The molecule has 0 fully saturated rings. The van der Waals surface area contributed by atoms with Crippen molar-refractivity contribution in [2.24, 2.45) is 0 Å². The van der Waals surface area contributed by atoms with Crippen LogP contribution in [0.3, 0.4) is 0 Å². The predicted molar refractivity (Wildman–Crippen MR) is 116 cm³/mol. The Morgan fingerprint density at radius 2 is 1.65 bits per heavy atom. The fraction of sp³-hybridized carbons (Fsp3) is 0.333. The molecule has 26 heavy (non-hydrogen) atoms. The topological polar surface area (TPSA) is 25.2 Å².